The van der Waals surface area contributed by atoms with E-state index in [-0.39, 0.29) is 19.0 Å². The Bertz CT molecular complexity index is 705. The van der Waals surface area contributed by atoms with Crippen LogP contribution >= 0.6 is 0 Å². The van der Waals surface area contributed by atoms with E-state index in [1.54, 1.807) is 24.3 Å². The highest BCUT2D eigenvalue weighted by atomic mass is 32.2. The largest absolute Gasteiger partial charge is 0.492 e. The lowest BCUT2D eigenvalue weighted by Gasteiger charge is -2.12. The van der Waals surface area contributed by atoms with Crippen LogP contribution in [0.3, 0.4) is 0 Å². The predicted octanol–water partition coefficient (Wildman–Crippen LogP) is 1.95. The highest BCUT2D eigenvalue weighted by Crippen LogP contribution is 2.24. The number of rotatable bonds is 9. The average Bonchev–Trinajstić information content (AvgIpc) is 2.61. The van der Waals surface area contributed by atoms with Crippen LogP contribution in [0, 0.1) is 0 Å². The molecule has 0 aliphatic carbocycles. The highest BCUT2D eigenvalue weighted by Gasteiger charge is 2.12. The summed E-state index contributed by atoms with van der Waals surface area (Å²) in [5, 5.41) is 0. The Morgan fingerprint density at radius 1 is 1.12 bits per heavy atom. The van der Waals surface area contributed by atoms with Crippen molar-refractivity contribution in [2.45, 2.75) is 4.90 Å². The van der Waals surface area contributed by atoms with Gasteiger partial charge in [-0.2, -0.15) is 0 Å². The normalized spacial score (nSPS) is 11.7. The second-order valence-corrected chi connectivity index (χ2v) is 6.35. The number of carbonyl (C=O) groups is 1. The van der Waals surface area contributed by atoms with E-state index in [4.69, 9.17) is 19.9 Å². The summed E-state index contributed by atoms with van der Waals surface area (Å²) in [4.78, 5) is 12.3. The van der Waals surface area contributed by atoms with Gasteiger partial charge in [-0.05, 0) is 30.3 Å². The maximum absolute atomic E-state index is 12.1. The van der Waals surface area contributed by atoms with Gasteiger partial charge in [0.25, 0.3) is 5.91 Å². The van der Waals surface area contributed by atoms with Gasteiger partial charge in [-0.25, -0.2) is 0 Å². The zero-order chi connectivity index (χ0) is 17.4. The molecule has 0 aromatic heterocycles. The van der Waals surface area contributed by atoms with Gasteiger partial charge < -0.3 is 19.9 Å². The second kappa shape index (κ2) is 9.05. The molecule has 128 valence electrons. The molecule has 0 aliphatic rings. The molecule has 1 atom stereocenters. The smallest absolute Gasteiger partial charge is 0.252 e. The Labute approximate surface area is 143 Å². The van der Waals surface area contributed by atoms with Crippen molar-refractivity contribution in [2.75, 3.05) is 26.3 Å². The lowest BCUT2D eigenvalue weighted by molar-refractivity contribution is 0.0509. The summed E-state index contributed by atoms with van der Waals surface area (Å²) in [7, 11) is 0.334. The van der Waals surface area contributed by atoms with Crippen LogP contribution in [-0.2, 0) is 15.5 Å². The van der Waals surface area contributed by atoms with Crippen molar-refractivity contribution in [1.29, 1.82) is 0 Å². The molecule has 2 aromatic carbocycles. The molecule has 0 spiro atoms. The summed E-state index contributed by atoms with van der Waals surface area (Å²) in [5.41, 5.74) is 5.57. The molecule has 7 heteroatoms. The summed E-state index contributed by atoms with van der Waals surface area (Å²) in [6, 6.07) is 13.9. The van der Waals surface area contributed by atoms with Crippen molar-refractivity contribution in [3.63, 3.8) is 0 Å². The maximum atomic E-state index is 12.1. The molecule has 0 fully saturated rings. The van der Waals surface area contributed by atoms with Crippen LogP contribution in [0.1, 0.15) is 10.4 Å². The molecular formula is C17H19NO5S. The zero-order valence-corrected chi connectivity index (χ0v) is 14.1. The molecule has 2 N–H and O–H groups in total. The van der Waals surface area contributed by atoms with Crippen LogP contribution < -0.4 is 15.2 Å². The molecule has 6 nitrogen and oxygen atoms in total. The fourth-order valence-corrected chi connectivity index (χ4v) is 2.89. The van der Waals surface area contributed by atoms with E-state index in [2.05, 4.69) is 0 Å². The van der Waals surface area contributed by atoms with Gasteiger partial charge in [-0.15, -0.1) is 0 Å². The molecule has 0 radical (unpaired) electrons. The van der Waals surface area contributed by atoms with E-state index in [1.807, 2.05) is 18.2 Å². The van der Waals surface area contributed by atoms with E-state index >= 15 is 0 Å². The average molecular weight is 349 g/mol. The van der Waals surface area contributed by atoms with E-state index in [0.29, 0.717) is 17.3 Å². The minimum Gasteiger partial charge on any atom is -0.492 e. The summed E-state index contributed by atoms with van der Waals surface area (Å²) in [6.07, 6.45) is 0. The highest BCUT2D eigenvalue weighted by molar-refractivity contribution is 7.85. The van der Waals surface area contributed by atoms with E-state index in [1.165, 1.54) is 13.2 Å². The predicted molar refractivity (Wildman–Crippen MR) is 90.7 cm³/mol. The maximum Gasteiger partial charge on any atom is 0.252 e. The lowest BCUT2D eigenvalue weighted by atomic mass is 10.2. The quantitative estimate of drug-likeness (QED) is 0.699. The monoisotopic (exact) mass is 349 g/mol. The number of nitrogens with two attached hydrogens (primary N) is 1. The number of hydrogen-bond donors (Lipinski definition) is 1. The Morgan fingerprint density at radius 3 is 2.54 bits per heavy atom. The van der Waals surface area contributed by atoms with Crippen LogP contribution in [0.15, 0.2) is 53.4 Å². The first-order chi connectivity index (χ1) is 11.6. The van der Waals surface area contributed by atoms with Crippen molar-refractivity contribution in [3.05, 3.63) is 54.1 Å². The molecular weight excluding hydrogens is 330 g/mol. The van der Waals surface area contributed by atoms with Gasteiger partial charge in [-0.1, -0.05) is 18.2 Å². The molecule has 1 unspecified atom stereocenters. The Morgan fingerprint density at radius 2 is 1.88 bits per heavy atom. The van der Waals surface area contributed by atoms with E-state index in [9.17, 15) is 9.00 Å². The number of carbonyl (C=O) groups excluding carboxylic acids is 1. The van der Waals surface area contributed by atoms with Crippen molar-refractivity contribution in [1.82, 2.24) is 0 Å². The first kappa shape index (κ1) is 18.0. The summed E-state index contributed by atoms with van der Waals surface area (Å²) in [6.45, 7) is 0.258. The number of amides is 1. The minimum atomic E-state index is -1.17. The first-order valence-electron chi connectivity index (χ1n) is 7.23. The molecule has 0 bridgehead atoms. The zero-order valence-electron chi connectivity index (χ0n) is 13.3. The van der Waals surface area contributed by atoms with Crippen molar-refractivity contribution < 1.29 is 23.2 Å². The molecule has 0 saturated carbocycles. The molecule has 0 heterocycles. The van der Waals surface area contributed by atoms with Crippen LogP contribution in [0.4, 0.5) is 0 Å². The molecule has 0 saturated heterocycles. The second-order valence-electron chi connectivity index (χ2n) is 4.78. The van der Waals surface area contributed by atoms with Gasteiger partial charge in [0.05, 0.1) is 22.1 Å². The third-order valence-corrected chi connectivity index (χ3v) is 4.43. The van der Waals surface area contributed by atoms with Gasteiger partial charge in [0, 0.05) is 12.0 Å². The summed E-state index contributed by atoms with van der Waals surface area (Å²) < 4.78 is 27.8. The fourth-order valence-electron chi connectivity index (χ4n) is 1.96. The third kappa shape index (κ3) is 5.07. The van der Waals surface area contributed by atoms with Crippen molar-refractivity contribution in [3.8, 4) is 11.5 Å². The summed E-state index contributed by atoms with van der Waals surface area (Å²) in [5.74, 6) is 0.463. The SMILES string of the molecule is COCOc1ccc(OCCS(=O)c2ccccc2)c(C(N)=O)c1. The van der Waals surface area contributed by atoms with Crippen LogP contribution in [0.2, 0.25) is 0 Å². The van der Waals surface area contributed by atoms with Crippen molar-refractivity contribution in [2.24, 2.45) is 5.73 Å². The molecule has 2 aromatic rings. The lowest BCUT2D eigenvalue weighted by Crippen LogP contribution is -2.15. The van der Waals surface area contributed by atoms with Crippen LogP contribution in [0.5, 0.6) is 11.5 Å². The Balaban J connectivity index is 1.98. The fraction of sp³-hybridized carbons (Fsp3) is 0.235. The minimum absolute atomic E-state index is 0.0640. The Hall–Kier alpha value is -2.38. The Kier molecular flexibility index (Phi) is 6.77. The van der Waals surface area contributed by atoms with Gasteiger partial charge in [0.15, 0.2) is 6.79 Å². The molecule has 1 amide bonds. The number of ether oxygens (including phenoxy) is 3. The topological polar surface area (TPSA) is 87.8 Å². The number of benzene rings is 2. The first-order valence-corrected chi connectivity index (χ1v) is 8.55. The van der Waals surface area contributed by atoms with Gasteiger partial charge in [0.1, 0.15) is 18.1 Å². The molecule has 2 rings (SSSR count). The van der Waals surface area contributed by atoms with E-state index < -0.39 is 16.7 Å². The number of primary amides is 1. The number of methoxy groups -OCH3 is 1. The van der Waals surface area contributed by atoms with Crippen molar-refractivity contribution >= 4 is 16.7 Å². The van der Waals surface area contributed by atoms with Crippen LogP contribution in [0.25, 0.3) is 0 Å². The van der Waals surface area contributed by atoms with E-state index in [0.717, 1.165) is 4.90 Å². The van der Waals surface area contributed by atoms with Crippen LogP contribution in [-0.4, -0.2) is 36.4 Å². The molecule has 0 aliphatic heterocycles. The van der Waals surface area contributed by atoms with Gasteiger partial charge in [-0.3, -0.25) is 9.00 Å². The van der Waals surface area contributed by atoms with Gasteiger partial charge in [0.2, 0.25) is 0 Å². The molecule has 24 heavy (non-hydrogen) atoms. The van der Waals surface area contributed by atoms with Gasteiger partial charge >= 0.3 is 0 Å². The standard InChI is InChI=1S/C17H19NO5S/c1-21-12-23-13-7-8-16(15(11-13)17(18)19)22-9-10-24(20)14-5-3-2-4-6-14/h2-8,11H,9-10,12H2,1H3,(H2,18,19). The third-order valence-electron chi connectivity index (χ3n) is 3.09. The number of hydrogen-bond acceptors (Lipinski definition) is 5. The summed E-state index contributed by atoms with van der Waals surface area (Å²) >= 11 is 0.